The highest BCUT2D eigenvalue weighted by molar-refractivity contribution is 9.10. The summed E-state index contributed by atoms with van der Waals surface area (Å²) in [5.74, 6) is -3.43. The molecule has 0 saturated carbocycles. The van der Waals surface area contributed by atoms with Crippen molar-refractivity contribution in [2.45, 2.75) is 24.2 Å². The second kappa shape index (κ2) is 11.3. The van der Waals surface area contributed by atoms with E-state index >= 15 is 4.39 Å². The van der Waals surface area contributed by atoms with Crippen molar-refractivity contribution in [1.29, 1.82) is 0 Å². The van der Waals surface area contributed by atoms with Crippen LogP contribution in [0.3, 0.4) is 0 Å². The number of ketones is 1. The summed E-state index contributed by atoms with van der Waals surface area (Å²) in [6.45, 7) is -0.458. The van der Waals surface area contributed by atoms with Crippen molar-refractivity contribution in [2.24, 2.45) is 0 Å². The van der Waals surface area contributed by atoms with Gasteiger partial charge in [0.05, 0.1) is 29.0 Å². The number of benzene rings is 3. The zero-order valence-electron chi connectivity index (χ0n) is 19.8. The molecule has 0 bridgehead atoms. The number of halogens is 12. The molecule has 3 aromatic rings. The number of alkyl halides is 10. The third kappa shape index (κ3) is 6.47. The number of hydrogen-bond donors (Lipinski definition) is 2. The van der Waals surface area contributed by atoms with E-state index in [0.717, 1.165) is 18.2 Å². The van der Waals surface area contributed by atoms with Crippen LogP contribution in [0.5, 0.6) is 0 Å². The fourth-order valence-corrected chi connectivity index (χ4v) is 4.13. The molecule has 0 radical (unpaired) electrons. The van der Waals surface area contributed by atoms with Crippen LogP contribution in [-0.4, -0.2) is 30.6 Å². The van der Waals surface area contributed by atoms with E-state index in [9.17, 15) is 53.5 Å². The molecule has 220 valence electrons. The lowest BCUT2D eigenvalue weighted by Gasteiger charge is -2.31. The Kier molecular flexibility index (Phi) is 8.77. The minimum Gasteiger partial charge on any atom is -0.375 e. The maximum Gasteiger partial charge on any atom is 0.435 e. The van der Waals surface area contributed by atoms with Crippen molar-refractivity contribution in [2.75, 3.05) is 17.2 Å². The van der Waals surface area contributed by atoms with Crippen molar-refractivity contribution in [3.8, 4) is 0 Å². The number of anilines is 2. The maximum atomic E-state index is 15.0. The average Bonchev–Trinajstić information content (AvgIpc) is 2.86. The van der Waals surface area contributed by atoms with E-state index in [0.29, 0.717) is 0 Å². The van der Waals surface area contributed by atoms with Gasteiger partial charge in [-0.1, -0.05) is 36.4 Å². The Hall–Kier alpha value is -3.69. The van der Waals surface area contributed by atoms with Crippen molar-refractivity contribution in [3.63, 3.8) is 0 Å². The number of carbonyl (C=O) groups is 2. The third-order valence-electron chi connectivity index (χ3n) is 5.59. The summed E-state index contributed by atoms with van der Waals surface area (Å²) in [6, 6.07) is 9.74. The van der Waals surface area contributed by atoms with Crippen LogP contribution in [0.15, 0.2) is 65.1 Å². The van der Waals surface area contributed by atoms with Crippen molar-refractivity contribution < 1.29 is 57.9 Å². The molecule has 0 aliphatic heterocycles. The normalized spacial score (nSPS) is 12.7. The zero-order chi connectivity index (χ0) is 31.0. The largest absolute Gasteiger partial charge is 0.435 e. The van der Waals surface area contributed by atoms with Crippen LogP contribution < -0.4 is 10.6 Å². The first-order chi connectivity index (χ1) is 18.8. The predicted octanol–water partition coefficient (Wildman–Crippen LogP) is 8.44. The molecule has 16 heteroatoms. The number of Topliss-reactive ketones (excluding diaryl/α,β-unsaturated/α-hetero) is 1. The van der Waals surface area contributed by atoms with E-state index < -0.39 is 86.9 Å². The Labute approximate surface area is 231 Å². The molecule has 0 aliphatic rings. The lowest BCUT2D eigenvalue weighted by molar-refractivity contribution is -0.348. The number of rotatable bonds is 7. The van der Waals surface area contributed by atoms with Gasteiger partial charge in [0.25, 0.3) is 5.91 Å². The molecule has 0 aromatic heterocycles. The summed E-state index contributed by atoms with van der Waals surface area (Å²) in [4.78, 5) is 24.9. The van der Waals surface area contributed by atoms with Crippen LogP contribution in [0.25, 0.3) is 0 Å². The van der Waals surface area contributed by atoms with Gasteiger partial charge >= 0.3 is 24.2 Å². The predicted molar refractivity (Wildman–Crippen MR) is 128 cm³/mol. The molecule has 0 atom stereocenters. The highest BCUT2D eigenvalue weighted by Crippen LogP contribution is 2.55. The minimum absolute atomic E-state index is 0.227. The quantitative estimate of drug-likeness (QED) is 0.197. The Bertz CT molecular complexity index is 1440. The topological polar surface area (TPSA) is 58.2 Å². The van der Waals surface area contributed by atoms with Gasteiger partial charge in [-0.15, -0.1) is 0 Å². The molecule has 3 rings (SSSR count). The summed E-state index contributed by atoms with van der Waals surface area (Å²) in [6.07, 6.45) is -19.1. The van der Waals surface area contributed by atoms with Crippen molar-refractivity contribution in [3.05, 3.63) is 93.2 Å². The smallest absolute Gasteiger partial charge is 0.375 e. The molecule has 0 saturated heterocycles. The molecule has 0 heterocycles. The fourth-order valence-electron chi connectivity index (χ4n) is 3.57. The molecule has 4 nitrogen and oxygen atoms in total. The van der Waals surface area contributed by atoms with Gasteiger partial charge in [0.1, 0.15) is 0 Å². The van der Waals surface area contributed by atoms with Crippen molar-refractivity contribution >= 4 is 39.0 Å². The van der Waals surface area contributed by atoms with Crippen LogP contribution in [-0.2, 0) is 11.8 Å². The fraction of sp³-hybridized carbons (Fsp3) is 0.200. The van der Waals surface area contributed by atoms with E-state index in [-0.39, 0.29) is 11.6 Å². The van der Waals surface area contributed by atoms with E-state index in [1.165, 1.54) is 12.1 Å². The maximum absolute atomic E-state index is 15.0. The van der Waals surface area contributed by atoms with E-state index in [2.05, 4.69) is 21.2 Å². The lowest BCUT2D eigenvalue weighted by Crippen LogP contribution is -2.50. The van der Waals surface area contributed by atoms with Gasteiger partial charge in [0, 0.05) is 15.6 Å². The van der Waals surface area contributed by atoms with Crippen LogP contribution in [0.1, 0.15) is 31.8 Å². The Balaban J connectivity index is 1.99. The Morgan fingerprint density at radius 2 is 1.37 bits per heavy atom. The Morgan fingerprint density at radius 1 is 0.780 bits per heavy atom. The van der Waals surface area contributed by atoms with Crippen LogP contribution in [0.2, 0.25) is 0 Å². The summed E-state index contributed by atoms with van der Waals surface area (Å²) < 4.78 is 148. The molecule has 0 unspecified atom stereocenters. The molecule has 2 N–H and O–H groups in total. The summed E-state index contributed by atoms with van der Waals surface area (Å²) >= 11 is 2.35. The van der Waals surface area contributed by atoms with Crippen LogP contribution in [0, 0.1) is 5.82 Å². The lowest BCUT2D eigenvalue weighted by atomic mass is 9.92. The first kappa shape index (κ1) is 31.8. The standard InChI is InChI=1S/C25H14BrF11N2O2/c26-16-10-13(22(28,24(32,33)34)25(35,36)37)9-15(23(29,30)31)20(16)39-21(41)14-7-4-8-17(19(14)27)38-11-18(40)12-5-2-1-3-6-12/h1-10,38H,11H2,(H,39,41). The molecule has 41 heavy (non-hydrogen) atoms. The Morgan fingerprint density at radius 3 is 1.90 bits per heavy atom. The number of nitrogens with one attached hydrogen (secondary N) is 2. The van der Waals surface area contributed by atoms with Gasteiger partial charge in [0.15, 0.2) is 11.6 Å². The number of amides is 1. The average molecular weight is 663 g/mol. The molecule has 1 amide bonds. The minimum atomic E-state index is -6.71. The van der Waals surface area contributed by atoms with Gasteiger partial charge in [-0.25, -0.2) is 8.78 Å². The summed E-state index contributed by atoms with van der Waals surface area (Å²) in [5, 5.41) is 4.01. The molecular weight excluding hydrogens is 649 g/mol. The second-order valence-corrected chi connectivity index (χ2v) is 9.15. The van der Waals surface area contributed by atoms with Gasteiger partial charge in [-0.3, -0.25) is 9.59 Å². The van der Waals surface area contributed by atoms with Gasteiger partial charge in [-0.2, -0.15) is 39.5 Å². The zero-order valence-corrected chi connectivity index (χ0v) is 21.4. The van der Waals surface area contributed by atoms with E-state index in [1.807, 2.05) is 0 Å². The SMILES string of the molecule is O=C(CNc1cccc(C(=O)Nc2c(Br)cc(C(F)(C(F)(F)F)C(F)(F)F)cc2C(F)(F)F)c1F)c1ccccc1. The highest BCUT2D eigenvalue weighted by atomic mass is 79.9. The number of hydrogen-bond acceptors (Lipinski definition) is 3. The first-order valence-corrected chi connectivity index (χ1v) is 11.7. The van der Waals surface area contributed by atoms with Crippen LogP contribution in [0.4, 0.5) is 59.7 Å². The van der Waals surface area contributed by atoms with E-state index in [4.69, 9.17) is 0 Å². The van der Waals surface area contributed by atoms with Gasteiger partial charge in [0.2, 0.25) is 0 Å². The van der Waals surface area contributed by atoms with Gasteiger partial charge < -0.3 is 10.6 Å². The first-order valence-electron chi connectivity index (χ1n) is 10.9. The van der Waals surface area contributed by atoms with E-state index in [1.54, 1.807) is 23.5 Å². The molecule has 0 spiro atoms. The van der Waals surface area contributed by atoms with Crippen LogP contribution >= 0.6 is 15.9 Å². The molecule has 3 aromatic carbocycles. The highest BCUT2D eigenvalue weighted by Gasteiger charge is 2.73. The molecular formula is C25H14BrF11N2O2. The summed E-state index contributed by atoms with van der Waals surface area (Å²) in [7, 11) is 0. The second-order valence-electron chi connectivity index (χ2n) is 8.30. The monoisotopic (exact) mass is 662 g/mol. The summed E-state index contributed by atoms with van der Waals surface area (Å²) in [5.41, 5.74) is -13.4. The third-order valence-corrected chi connectivity index (χ3v) is 6.22. The molecule has 0 fully saturated rings. The molecule has 0 aliphatic carbocycles. The van der Waals surface area contributed by atoms with Crippen molar-refractivity contribution in [1.82, 2.24) is 0 Å². The number of carbonyl (C=O) groups excluding carboxylic acids is 2. The van der Waals surface area contributed by atoms with Gasteiger partial charge in [-0.05, 0) is 40.2 Å².